The van der Waals surface area contributed by atoms with Crippen LogP contribution in [0.3, 0.4) is 0 Å². The summed E-state index contributed by atoms with van der Waals surface area (Å²) >= 11 is 3.54. The molecule has 0 spiro atoms. The van der Waals surface area contributed by atoms with Crippen LogP contribution < -0.4 is 5.73 Å². The Hall–Kier alpha value is -0.800. The van der Waals surface area contributed by atoms with Crippen molar-refractivity contribution in [3.05, 3.63) is 34.4 Å². The van der Waals surface area contributed by atoms with Crippen LogP contribution in [0.4, 0.5) is 0 Å². The van der Waals surface area contributed by atoms with Crippen molar-refractivity contribution in [1.29, 1.82) is 0 Å². The molecule has 17 heavy (non-hydrogen) atoms. The van der Waals surface area contributed by atoms with Gasteiger partial charge in [0, 0.05) is 28.1 Å². The highest BCUT2D eigenvalue weighted by molar-refractivity contribution is 9.10. The number of aromatic nitrogens is 1. The highest BCUT2D eigenvalue weighted by atomic mass is 79.9. The SMILES string of the molecule is CC(C)Cn1cc(CCN)c2cc(Br)ccc21. The predicted molar refractivity (Wildman–Crippen MR) is 77.2 cm³/mol. The van der Waals surface area contributed by atoms with Gasteiger partial charge >= 0.3 is 0 Å². The molecule has 2 N–H and O–H groups in total. The summed E-state index contributed by atoms with van der Waals surface area (Å²) in [5.74, 6) is 0.653. The van der Waals surface area contributed by atoms with Crippen LogP contribution >= 0.6 is 15.9 Å². The summed E-state index contributed by atoms with van der Waals surface area (Å²) in [6, 6.07) is 6.48. The molecule has 0 bridgehead atoms. The molecule has 0 aliphatic heterocycles. The summed E-state index contributed by atoms with van der Waals surface area (Å²) in [6.45, 7) is 6.25. The molecule has 0 saturated heterocycles. The second-order valence-electron chi connectivity index (χ2n) is 4.90. The van der Waals surface area contributed by atoms with Crippen LogP contribution in [0.1, 0.15) is 19.4 Å². The van der Waals surface area contributed by atoms with E-state index in [4.69, 9.17) is 5.73 Å². The number of benzene rings is 1. The molecule has 1 aromatic heterocycles. The van der Waals surface area contributed by atoms with Crippen molar-refractivity contribution in [2.75, 3.05) is 6.54 Å². The normalized spacial score (nSPS) is 11.6. The molecule has 92 valence electrons. The number of rotatable bonds is 4. The molecule has 0 aliphatic carbocycles. The molecule has 0 unspecified atom stereocenters. The summed E-state index contributed by atoms with van der Waals surface area (Å²) in [7, 11) is 0. The molecule has 0 aliphatic rings. The van der Waals surface area contributed by atoms with Crippen LogP contribution in [0.25, 0.3) is 10.9 Å². The average Bonchev–Trinajstić information content (AvgIpc) is 2.56. The van der Waals surface area contributed by atoms with Crippen molar-refractivity contribution >= 4 is 26.8 Å². The maximum atomic E-state index is 5.68. The topological polar surface area (TPSA) is 30.9 Å². The van der Waals surface area contributed by atoms with E-state index in [1.165, 1.54) is 16.5 Å². The molecule has 0 amide bonds. The van der Waals surface area contributed by atoms with E-state index in [9.17, 15) is 0 Å². The second kappa shape index (κ2) is 5.23. The molecule has 0 radical (unpaired) electrons. The molecule has 0 saturated carbocycles. The van der Waals surface area contributed by atoms with Gasteiger partial charge in [-0.3, -0.25) is 0 Å². The standard InChI is InChI=1S/C14H19BrN2/c1-10(2)8-17-9-11(5-6-16)13-7-12(15)3-4-14(13)17/h3-4,7,9-10H,5-6,8,16H2,1-2H3. The van der Waals surface area contributed by atoms with Crippen molar-refractivity contribution in [3.63, 3.8) is 0 Å². The maximum Gasteiger partial charge on any atom is 0.0484 e. The predicted octanol–water partition coefficient (Wildman–Crippen LogP) is 3.56. The van der Waals surface area contributed by atoms with Crippen molar-refractivity contribution in [2.24, 2.45) is 11.7 Å². The van der Waals surface area contributed by atoms with E-state index in [0.29, 0.717) is 12.5 Å². The summed E-state index contributed by atoms with van der Waals surface area (Å²) in [5, 5.41) is 1.32. The summed E-state index contributed by atoms with van der Waals surface area (Å²) in [6.07, 6.45) is 3.20. The lowest BCUT2D eigenvalue weighted by atomic mass is 10.1. The fourth-order valence-electron chi connectivity index (χ4n) is 2.24. The van der Waals surface area contributed by atoms with Gasteiger partial charge in [-0.15, -0.1) is 0 Å². The zero-order valence-corrected chi connectivity index (χ0v) is 12.0. The zero-order chi connectivity index (χ0) is 12.4. The first kappa shape index (κ1) is 12.7. The molecular formula is C14H19BrN2. The first-order chi connectivity index (χ1) is 8.11. The Labute approximate surface area is 111 Å². The lowest BCUT2D eigenvalue weighted by molar-refractivity contribution is 0.534. The number of fused-ring (bicyclic) bond motifs is 1. The largest absolute Gasteiger partial charge is 0.347 e. The molecule has 2 nitrogen and oxygen atoms in total. The molecule has 0 fully saturated rings. The Bertz CT molecular complexity index is 514. The van der Waals surface area contributed by atoms with Gasteiger partial charge in [-0.2, -0.15) is 0 Å². The minimum Gasteiger partial charge on any atom is -0.347 e. The lowest BCUT2D eigenvalue weighted by Gasteiger charge is -2.07. The van der Waals surface area contributed by atoms with Crippen LogP contribution in [0, 0.1) is 5.92 Å². The minimum atomic E-state index is 0.653. The Kier molecular flexibility index (Phi) is 3.89. The smallest absolute Gasteiger partial charge is 0.0484 e. The maximum absolute atomic E-state index is 5.68. The van der Waals surface area contributed by atoms with E-state index < -0.39 is 0 Å². The first-order valence-electron chi connectivity index (χ1n) is 6.09. The van der Waals surface area contributed by atoms with Gasteiger partial charge in [-0.05, 0) is 42.6 Å². The molecule has 0 atom stereocenters. The molecule has 1 heterocycles. The van der Waals surface area contributed by atoms with Crippen molar-refractivity contribution in [1.82, 2.24) is 4.57 Å². The lowest BCUT2D eigenvalue weighted by Crippen LogP contribution is -2.03. The average molecular weight is 295 g/mol. The third-order valence-electron chi connectivity index (χ3n) is 2.90. The fourth-order valence-corrected chi connectivity index (χ4v) is 2.60. The van der Waals surface area contributed by atoms with Gasteiger partial charge in [0.05, 0.1) is 0 Å². The third kappa shape index (κ3) is 2.72. The quantitative estimate of drug-likeness (QED) is 0.918. The van der Waals surface area contributed by atoms with Crippen LogP contribution in [-0.2, 0) is 13.0 Å². The van der Waals surface area contributed by atoms with Gasteiger partial charge in [0.1, 0.15) is 0 Å². The Morgan fingerprint density at radius 3 is 2.76 bits per heavy atom. The number of hydrogen-bond acceptors (Lipinski definition) is 1. The number of halogens is 1. The van der Waals surface area contributed by atoms with E-state index in [2.05, 4.69) is 58.7 Å². The fraction of sp³-hybridized carbons (Fsp3) is 0.429. The Balaban J connectivity index is 2.53. The minimum absolute atomic E-state index is 0.653. The van der Waals surface area contributed by atoms with E-state index >= 15 is 0 Å². The highest BCUT2D eigenvalue weighted by Crippen LogP contribution is 2.26. The van der Waals surface area contributed by atoms with Crippen LogP contribution in [0.5, 0.6) is 0 Å². The first-order valence-corrected chi connectivity index (χ1v) is 6.88. The molecule has 1 aromatic carbocycles. The third-order valence-corrected chi connectivity index (χ3v) is 3.39. The molecule has 3 heteroatoms. The van der Waals surface area contributed by atoms with E-state index in [0.717, 1.165) is 17.4 Å². The molecular weight excluding hydrogens is 276 g/mol. The van der Waals surface area contributed by atoms with Gasteiger partial charge < -0.3 is 10.3 Å². The van der Waals surface area contributed by atoms with E-state index in [1.807, 2.05) is 0 Å². The summed E-state index contributed by atoms with van der Waals surface area (Å²) in [5.41, 5.74) is 8.34. The number of nitrogens with zero attached hydrogens (tertiary/aromatic N) is 1. The van der Waals surface area contributed by atoms with Gasteiger partial charge in [0.15, 0.2) is 0 Å². The second-order valence-corrected chi connectivity index (χ2v) is 5.82. The van der Waals surface area contributed by atoms with Gasteiger partial charge in [0.2, 0.25) is 0 Å². The van der Waals surface area contributed by atoms with E-state index in [1.54, 1.807) is 0 Å². The van der Waals surface area contributed by atoms with Gasteiger partial charge in [-0.1, -0.05) is 29.8 Å². The van der Waals surface area contributed by atoms with E-state index in [-0.39, 0.29) is 0 Å². The highest BCUT2D eigenvalue weighted by Gasteiger charge is 2.09. The van der Waals surface area contributed by atoms with Crippen LogP contribution in [0.2, 0.25) is 0 Å². The zero-order valence-electron chi connectivity index (χ0n) is 10.4. The number of hydrogen-bond donors (Lipinski definition) is 1. The Morgan fingerprint density at radius 1 is 1.35 bits per heavy atom. The number of nitrogens with two attached hydrogens (primary N) is 1. The van der Waals surface area contributed by atoms with Crippen molar-refractivity contribution < 1.29 is 0 Å². The molecule has 2 aromatic rings. The Morgan fingerprint density at radius 2 is 2.12 bits per heavy atom. The summed E-state index contributed by atoms with van der Waals surface area (Å²) in [4.78, 5) is 0. The van der Waals surface area contributed by atoms with Crippen LogP contribution in [0.15, 0.2) is 28.9 Å². The van der Waals surface area contributed by atoms with Gasteiger partial charge in [0.25, 0.3) is 0 Å². The van der Waals surface area contributed by atoms with Crippen LogP contribution in [-0.4, -0.2) is 11.1 Å². The molecule has 2 rings (SSSR count). The van der Waals surface area contributed by atoms with Gasteiger partial charge in [-0.25, -0.2) is 0 Å². The summed E-state index contributed by atoms with van der Waals surface area (Å²) < 4.78 is 3.47. The monoisotopic (exact) mass is 294 g/mol. The van der Waals surface area contributed by atoms with Crippen molar-refractivity contribution in [2.45, 2.75) is 26.8 Å². The van der Waals surface area contributed by atoms with Crippen molar-refractivity contribution in [3.8, 4) is 0 Å².